The Morgan fingerprint density at radius 3 is 2.92 bits per heavy atom. The van der Waals surface area contributed by atoms with Gasteiger partial charge >= 0.3 is 5.97 Å². The molecule has 2 heterocycles. The van der Waals surface area contributed by atoms with Gasteiger partial charge in [-0.1, -0.05) is 12.1 Å². The highest BCUT2D eigenvalue weighted by Crippen LogP contribution is 2.36. The zero-order valence-electron chi connectivity index (χ0n) is 14.0. The molecule has 130 valence electrons. The van der Waals surface area contributed by atoms with Crippen LogP contribution in [0.1, 0.15) is 17.7 Å². The van der Waals surface area contributed by atoms with Crippen LogP contribution in [0.4, 0.5) is 0 Å². The highest BCUT2D eigenvalue weighted by molar-refractivity contribution is 7.19. The number of hydrogen-bond donors (Lipinski definition) is 1. The Morgan fingerprint density at radius 1 is 1.40 bits per heavy atom. The molecule has 0 saturated heterocycles. The van der Waals surface area contributed by atoms with E-state index in [4.69, 9.17) is 9.84 Å². The van der Waals surface area contributed by atoms with Crippen molar-refractivity contribution in [2.24, 2.45) is 0 Å². The summed E-state index contributed by atoms with van der Waals surface area (Å²) in [6, 6.07) is 7.59. The molecule has 1 N–H and O–H groups in total. The fraction of sp³-hybridized carbons (Fsp3) is 0.278. The second-order valence-corrected chi connectivity index (χ2v) is 6.89. The van der Waals surface area contributed by atoms with Crippen molar-refractivity contribution in [3.63, 3.8) is 0 Å². The fourth-order valence-corrected chi connectivity index (χ4v) is 3.83. The first kappa shape index (κ1) is 17.2. The molecular weight excluding hydrogens is 340 g/mol. The first-order chi connectivity index (χ1) is 12.0. The summed E-state index contributed by atoms with van der Waals surface area (Å²) in [5, 5.41) is 9.34. The van der Waals surface area contributed by atoms with Crippen molar-refractivity contribution in [1.82, 2.24) is 9.55 Å². The number of carboxylic acids is 1. The van der Waals surface area contributed by atoms with Crippen LogP contribution in [0.15, 0.2) is 35.4 Å². The van der Waals surface area contributed by atoms with Crippen molar-refractivity contribution in [2.75, 3.05) is 7.11 Å². The van der Waals surface area contributed by atoms with Gasteiger partial charge in [0.1, 0.15) is 10.6 Å². The summed E-state index contributed by atoms with van der Waals surface area (Å²) >= 11 is 1.48. The van der Waals surface area contributed by atoms with Crippen LogP contribution in [0.5, 0.6) is 5.75 Å². The molecule has 0 atom stereocenters. The van der Waals surface area contributed by atoms with Crippen molar-refractivity contribution in [3.05, 3.63) is 45.8 Å². The number of carbonyl (C=O) groups is 1. The lowest BCUT2D eigenvalue weighted by Gasteiger charge is -2.07. The molecule has 25 heavy (non-hydrogen) atoms. The van der Waals surface area contributed by atoms with E-state index in [1.165, 1.54) is 22.2 Å². The summed E-state index contributed by atoms with van der Waals surface area (Å²) in [6.07, 6.45) is 1.91. The van der Waals surface area contributed by atoms with E-state index >= 15 is 0 Å². The molecule has 0 aliphatic rings. The Balaban J connectivity index is 2.10. The minimum atomic E-state index is -0.870. The summed E-state index contributed by atoms with van der Waals surface area (Å²) in [6.45, 7) is 2.30. The third kappa shape index (κ3) is 3.41. The topological polar surface area (TPSA) is 81.4 Å². The van der Waals surface area contributed by atoms with E-state index in [0.717, 1.165) is 21.8 Å². The number of benzene rings is 1. The second kappa shape index (κ2) is 7.06. The molecule has 0 radical (unpaired) electrons. The number of aryl methyl sites for hydroxylation is 2. The predicted molar refractivity (Wildman–Crippen MR) is 97.5 cm³/mol. The molecule has 2 aromatic heterocycles. The molecule has 0 unspecified atom stereocenters. The maximum atomic E-state index is 12.9. The summed E-state index contributed by atoms with van der Waals surface area (Å²) in [5.41, 5.74) is 1.63. The van der Waals surface area contributed by atoms with Gasteiger partial charge in [-0.15, -0.1) is 11.3 Å². The van der Waals surface area contributed by atoms with Crippen LogP contribution in [-0.4, -0.2) is 27.7 Å². The van der Waals surface area contributed by atoms with E-state index in [9.17, 15) is 9.59 Å². The maximum absolute atomic E-state index is 12.9. The quantitative estimate of drug-likeness (QED) is 0.731. The van der Waals surface area contributed by atoms with Crippen LogP contribution in [0, 0.1) is 6.92 Å². The normalized spacial score (nSPS) is 11.0. The van der Waals surface area contributed by atoms with Crippen molar-refractivity contribution in [2.45, 2.75) is 26.3 Å². The maximum Gasteiger partial charge on any atom is 0.303 e. The van der Waals surface area contributed by atoms with Gasteiger partial charge in [0.15, 0.2) is 0 Å². The summed E-state index contributed by atoms with van der Waals surface area (Å²) in [4.78, 5) is 29.7. The largest absolute Gasteiger partial charge is 0.497 e. The average molecular weight is 358 g/mol. The molecule has 3 rings (SSSR count). The van der Waals surface area contributed by atoms with E-state index in [-0.39, 0.29) is 12.0 Å². The lowest BCUT2D eigenvalue weighted by atomic mass is 10.0. The lowest BCUT2D eigenvalue weighted by Crippen LogP contribution is -2.20. The van der Waals surface area contributed by atoms with Gasteiger partial charge in [-0.3, -0.25) is 14.2 Å². The van der Waals surface area contributed by atoms with Crippen molar-refractivity contribution in [3.8, 4) is 16.9 Å². The number of aromatic nitrogens is 2. The minimum absolute atomic E-state index is 0.0237. The summed E-state index contributed by atoms with van der Waals surface area (Å²) < 4.78 is 6.77. The Hall–Kier alpha value is -2.67. The van der Waals surface area contributed by atoms with Gasteiger partial charge in [0.25, 0.3) is 5.56 Å². The van der Waals surface area contributed by atoms with Gasteiger partial charge in [0.2, 0.25) is 0 Å². The SMILES string of the molecule is COc1cccc(-c2c(C)sc3ncn(CCCC(=O)O)c(=O)c23)c1. The number of rotatable bonds is 6. The number of carboxylic acid groups (broad SMARTS) is 1. The molecular formula is C18H18N2O4S. The number of nitrogens with zero attached hydrogens (tertiary/aromatic N) is 2. The van der Waals surface area contributed by atoms with Gasteiger partial charge in [0, 0.05) is 23.4 Å². The molecule has 0 amide bonds. The zero-order chi connectivity index (χ0) is 18.0. The smallest absolute Gasteiger partial charge is 0.303 e. The third-order valence-corrected chi connectivity index (χ3v) is 5.02. The van der Waals surface area contributed by atoms with E-state index in [1.807, 2.05) is 31.2 Å². The van der Waals surface area contributed by atoms with Crippen LogP contribution in [0.2, 0.25) is 0 Å². The van der Waals surface area contributed by atoms with E-state index in [1.54, 1.807) is 7.11 Å². The first-order valence-corrected chi connectivity index (χ1v) is 8.67. The van der Waals surface area contributed by atoms with E-state index < -0.39 is 5.97 Å². The molecule has 7 heteroatoms. The number of fused-ring (bicyclic) bond motifs is 1. The predicted octanol–water partition coefficient (Wildman–Crippen LogP) is 3.31. The van der Waals surface area contributed by atoms with Gasteiger partial charge < -0.3 is 9.84 Å². The lowest BCUT2D eigenvalue weighted by molar-refractivity contribution is -0.137. The van der Waals surface area contributed by atoms with Gasteiger partial charge in [-0.05, 0) is 31.0 Å². The van der Waals surface area contributed by atoms with E-state index in [0.29, 0.717) is 23.2 Å². The second-order valence-electron chi connectivity index (χ2n) is 5.69. The number of methoxy groups -OCH3 is 1. The number of ether oxygens (including phenoxy) is 1. The molecule has 0 aliphatic heterocycles. The van der Waals surface area contributed by atoms with Crippen molar-refractivity contribution >= 4 is 27.5 Å². The Kier molecular flexibility index (Phi) is 4.85. The monoisotopic (exact) mass is 358 g/mol. The van der Waals surface area contributed by atoms with Crippen LogP contribution >= 0.6 is 11.3 Å². The van der Waals surface area contributed by atoms with Gasteiger partial charge in [-0.25, -0.2) is 4.98 Å². The highest BCUT2D eigenvalue weighted by Gasteiger charge is 2.17. The molecule has 1 aromatic carbocycles. The first-order valence-electron chi connectivity index (χ1n) is 7.86. The number of aliphatic carboxylic acids is 1. The molecule has 3 aromatic rings. The fourth-order valence-electron chi connectivity index (χ4n) is 2.82. The number of thiophene rings is 1. The molecule has 0 spiro atoms. The van der Waals surface area contributed by atoms with Crippen LogP contribution in [-0.2, 0) is 11.3 Å². The minimum Gasteiger partial charge on any atom is -0.497 e. The Morgan fingerprint density at radius 2 is 2.20 bits per heavy atom. The summed E-state index contributed by atoms with van der Waals surface area (Å²) in [7, 11) is 1.61. The van der Waals surface area contributed by atoms with E-state index in [2.05, 4.69) is 4.98 Å². The van der Waals surface area contributed by atoms with Crippen LogP contribution in [0.3, 0.4) is 0 Å². The van der Waals surface area contributed by atoms with Gasteiger partial charge in [-0.2, -0.15) is 0 Å². The molecule has 0 aliphatic carbocycles. The zero-order valence-corrected chi connectivity index (χ0v) is 14.8. The van der Waals surface area contributed by atoms with Crippen molar-refractivity contribution in [1.29, 1.82) is 0 Å². The van der Waals surface area contributed by atoms with Crippen LogP contribution in [0.25, 0.3) is 21.3 Å². The third-order valence-electron chi connectivity index (χ3n) is 4.00. The molecule has 0 bridgehead atoms. The standard InChI is InChI=1S/C18H18N2O4S/c1-11-15(12-5-3-6-13(9-12)24-2)16-17(25-11)19-10-20(18(16)23)8-4-7-14(21)22/h3,5-6,9-10H,4,7-8H2,1-2H3,(H,21,22). The molecule has 0 saturated carbocycles. The van der Waals surface area contributed by atoms with Crippen LogP contribution < -0.4 is 10.3 Å². The number of hydrogen-bond acceptors (Lipinski definition) is 5. The molecule has 6 nitrogen and oxygen atoms in total. The summed E-state index contributed by atoms with van der Waals surface area (Å²) in [5.74, 6) is -0.146. The average Bonchev–Trinajstić information content (AvgIpc) is 2.93. The highest BCUT2D eigenvalue weighted by atomic mass is 32.1. The van der Waals surface area contributed by atoms with Crippen molar-refractivity contribution < 1.29 is 14.6 Å². The van der Waals surface area contributed by atoms with Gasteiger partial charge in [0.05, 0.1) is 18.8 Å². The molecule has 0 fully saturated rings. The Bertz CT molecular complexity index is 990. The Labute approximate surface area is 148 Å².